The average Bonchev–Trinajstić information content (AvgIpc) is 3.67. The van der Waals surface area contributed by atoms with E-state index in [2.05, 4.69) is 37.5 Å². The van der Waals surface area contributed by atoms with Crippen LogP contribution in [0.3, 0.4) is 0 Å². The molecule has 1 aliphatic heterocycles. The Morgan fingerprint density at radius 3 is 2.68 bits per heavy atom. The molecule has 1 aliphatic carbocycles. The fourth-order valence-electron chi connectivity index (χ4n) is 5.18. The number of hydrogen-bond acceptors (Lipinski definition) is 7. The van der Waals surface area contributed by atoms with Gasteiger partial charge in [-0.15, -0.1) is 11.3 Å². The van der Waals surface area contributed by atoms with Gasteiger partial charge in [-0.2, -0.15) is 5.10 Å². The number of likely N-dealkylation sites (tertiary alicyclic amines) is 1. The van der Waals surface area contributed by atoms with E-state index in [-0.39, 0.29) is 0 Å². The van der Waals surface area contributed by atoms with E-state index in [9.17, 15) is 0 Å². The Hall–Kier alpha value is -2.84. The molecular formula is C26H31N7S. The first kappa shape index (κ1) is 21.7. The molecule has 1 N–H and O–H groups in total. The van der Waals surface area contributed by atoms with E-state index in [0.29, 0.717) is 5.92 Å². The molecule has 34 heavy (non-hydrogen) atoms. The van der Waals surface area contributed by atoms with Gasteiger partial charge < -0.3 is 10.2 Å². The summed E-state index contributed by atoms with van der Waals surface area (Å²) in [6.45, 7) is 4.61. The van der Waals surface area contributed by atoms with Crippen molar-refractivity contribution in [1.29, 1.82) is 0 Å². The third kappa shape index (κ3) is 4.83. The number of rotatable bonds is 8. The minimum absolute atomic E-state index is 0.686. The van der Waals surface area contributed by atoms with Crippen molar-refractivity contribution in [2.24, 2.45) is 0 Å². The van der Waals surface area contributed by atoms with Gasteiger partial charge in [-0.3, -0.25) is 9.67 Å². The summed E-state index contributed by atoms with van der Waals surface area (Å²) in [7, 11) is 0. The zero-order chi connectivity index (χ0) is 22.7. The van der Waals surface area contributed by atoms with Crippen LogP contribution in [0.15, 0.2) is 43.0 Å². The lowest BCUT2D eigenvalue weighted by Crippen LogP contribution is -2.21. The average molecular weight is 474 g/mol. The Morgan fingerprint density at radius 2 is 1.79 bits per heavy atom. The Morgan fingerprint density at radius 1 is 0.912 bits per heavy atom. The van der Waals surface area contributed by atoms with Crippen LogP contribution in [0.25, 0.3) is 22.2 Å². The van der Waals surface area contributed by atoms with Crippen molar-refractivity contribution in [2.45, 2.75) is 57.4 Å². The van der Waals surface area contributed by atoms with Gasteiger partial charge in [0, 0.05) is 41.1 Å². The SMILES string of the molecule is c1nc2ccc(Nc3ncc(C4CCCC4)s3)nc2cc1-c1cnn(CCCN2CCCC2)c1. The Kier molecular flexibility index (Phi) is 6.25. The van der Waals surface area contributed by atoms with Crippen LogP contribution in [0, 0.1) is 0 Å². The maximum Gasteiger partial charge on any atom is 0.188 e. The van der Waals surface area contributed by atoms with Gasteiger partial charge in [0.25, 0.3) is 0 Å². The number of hydrogen-bond donors (Lipinski definition) is 1. The Bertz CT molecular complexity index is 1250. The van der Waals surface area contributed by atoms with E-state index in [1.54, 1.807) is 11.3 Å². The molecule has 0 bridgehead atoms. The highest BCUT2D eigenvalue weighted by Gasteiger charge is 2.19. The fraction of sp³-hybridized carbons (Fsp3) is 0.462. The molecule has 2 aliphatic rings. The molecular weight excluding hydrogens is 442 g/mol. The maximum atomic E-state index is 4.82. The second-order valence-corrected chi connectivity index (χ2v) is 10.6. The Labute approximate surface area is 204 Å². The first-order valence-corrected chi connectivity index (χ1v) is 13.4. The molecule has 0 aromatic carbocycles. The van der Waals surface area contributed by atoms with Crippen LogP contribution in [-0.2, 0) is 6.54 Å². The van der Waals surface area contributed by atoms with Crippen molar-refractivity contribution in [3.63, 3.8) is 0 Å². The highest BCUT2D eigenvalue weighted by molar-refractivity contribution is 7.15. The molecule has 4 aromatic rings. The molecule has 0 unspecified atom stereocenters. The molecule has 2 fully saturated rings. The monoisotopic (exact) mass is 473 g/mol. The third-order valence-corrected chi connectivity index (χ3v) is 8.16. The largest absolute Gasteiger partial charge is 0.316 e. The zero-order valence-corrected chi connectivity index (χ0v) is 20.3. The zero-order valence-electron chi connectivity index (χ0n) is 19.5. The first-order valence-electron chi connectivity index (χ1n) is 12.5. The van der Waals surface area contributed by atoms with Gasteiger partial charge in [-0.1, -0.05) is 12.8 Å². The highest BCUT2D eigenvalue weighted by atomic mass is 32.1. The first-order chi connectivity index (χ1) is 16.8. The van der Waals surface area contributed by atoms with Crippen molar-refractivity contribution < 1.29 is 0 Å². The smallest absolute Gasteiger partial charge is 0.188 e. The van der Waals surface area contributed by atoms with Gasteiger partial charge in [-0.05, 0) is 75.9 Å². The molecule has 1 saturated carbocycles. The summed E-state index contributed by atoms with van der Waals surface area (Å²) in [5, 5.41) is 8.88. The quantitative estimate of drug-likeness (QED) is 0.347. The number of aryl methyl sites for hydroxylation is 1. The number of thiazole rings is 1. The molecule has 0 amide bonds. The van der Waals surface area contributed by atoms with Crippen LogP contribution in [0.5, 0.6) is 0 Å². The minimum Gasteiger partial charge on any atom is -0.316 e. The summed E-state index contributed by atoms with van der Waals surface area (Å²) in [6.07, 6.45) is 17.1. The van der Waals surface area contributed by atoms with Crippen molar-refractivity contribution >= 4 is 33.3 Å². The van der Waals surface area contributed by atoms with E-state index in [1.807, 2.05) is 35.4 Å². The number of aromatic nitrogens is 5. The van der Waals surface area contributed by atoms with Crippen LogP contribution >= 0.6 is 11.3 Å². The van der Waals surface area contributed by atoms with E-state index in [4.69, 9.17) is 4.98 Å². The lowest BCUT2D eigenvalue weighted by molar-refractivity contribution is 0.322. The second-order valence-electron chi connectivity index (χ2n) is 9.53. The fourth-order valence-corrected chi connectivity index (χ4v) is 6.18. The number of nitrogens with zero attached hydrogens (tertiary/aromatic N) is 6. The van der Waals surface area contributed by atoms with Crippen molar-refractivity contribution in [2.75, 3.05) is 25.0 Å². The van der Waals surface area contributed by atoms with Gasteiger partial charge in [0.05, 0.1) is 17.2 Å². The molecule has 0 spiro atoms. The summed E-state index contributed by atoms with van der Waals surface area (Å²) in [4.78, 5) is 18.0. The second kappa shape index (κ2) is 9.80. The molecule has 5 heterocycles. The summed E-state index contributed by atoms with van der Waals surface area (Å²) in [6, 6.07) is 6.09. The predicted octanol–water partition coefficient (Wildman–Crippen LogP) is 5.84. The summed E-state index contributed by atoms with van der Waals surface area (Å²) in [5.41, 5.74) is 3.88. The van der Waals surface area contributed by atoms with Crippen LogP contribution < -0.4 is 5.32 Å². The number of pyridine rings is 2. The maximum absolute atomic E-state index is 4.82. The Balaban J connectivity index is 1.14. The molecule has 0 atom stereocenters. The van der Waals surface area contributed by atoms with E-state index >= 15 is 0 Å². The van der Waals surface area contributed by atoms with Gasteiger partial charge in [-0.25, -0.2) is 9.97 Å². The van der Waals surface area contributed by atoms with Crippen LogP contribution in [0.4, 0.5) is 10.9 Å². The van der Waals surface area contributed by atoms with Gasteiger partial charge >= 0.3 is 0 Å². The molecule has 0 radical (unpaired) electrons. The van der Waals surface area contributed by atoms with E-state index < -0.39 is 0 Å². The molecule has 7 nitrogen and oxygen atoms in total. The summed E-state index contributed by atoms with van der Waals surface area (Å²) >= 11 is 1.76. The van der Waals surface area contributed by atoms with E-state index in [1.165, 1.54) is 56.5 Å². The van der Waals surface area contributed by atoms with Crippen LogP contribution in [0.2, 0.25) is 0 Å². The van der Waals surface area contributed by atoms with Crippen LogP contribution in [0.1, 0.15) is 55.7 Å². The molecule has 1 saturated heterocycles. The van der Waals surface area contributed by atoms with Crippen molar-refractivity contribution in [3.05, 3.63) is 47.9 Å². The standard InChI is InChI=1S/C26H31N7S/c1-2-7-19(6-1)24-17-28-26(34-24)31-25-9-8-22-23(30-25)14-20(15-27-22)21-16-29-33(18-21)13-5-12-32-10-3-4-11-32/h8-9,14-19H,1-7,10-13H2,(H,28,30,31). The van der Waals surface area contributed by atoms with Crippen LogP contribution in [-0.4, -0.2) is 49.3 Å². The number of fused-ring (bicyclic) bond motifs is 1. The lowest BCUT2D eigenvalue weighted by atomic mass is 10.1. The minimum atomic E-state index is 0.686. The highest BCUT2D eigenvalue weighted by Crippen LogP contribution is 2.38. The molecule has 8 heteroatoms. The molecule has 176 valence electrons. The molecule has 4 aromatic heterocycles. The van der Waals surface area contributed by atoms with E-state index in [0.717, 1.165) is 52.6 Å². The predicted molar refractivity (Wildman–Crippen MR) is 138 cm³/mol. The number of nitrogens with one attached hydrogen (secondary N) is 1. The van der Waals surface area contributed by atoms with Gasteiger partial charge in [0.1, 0.15) is 5.82 Å². The number of anilines is 2. The van der Waals surface area contributed by atoms with Crippen molar-refractivity contribution in [3.8, 4) is 11.1 Å². The van der Waals surface area contributed by atoms with Gasteiger partial charge in [0.15, 0.2) is 5.13 Å². The van der Waals surface area contributed by atoms with Crippen molar-refractivity contribution in [1.82, 2.24) is 29.6 Å². The normalized spacial score (nSPS) is 17.2. The summed E-state index contributed by atoms with van der Waals surface area (Å²) < 4.78 is 2.05. The molecule has 6 rings (SSSR count). The topological polar surface area (TPSA) is 71.8 Å². The van der Waals surface area contributed by atoms with Gasteiger partial charge in [0.2, 0.25) is 0 Å². The summed E-state index contributed by atoms with van der Waals surface area (Å²) in [5.74, 6) is 1.49. The third-order valence-electron chi connectivity index (χ3n) is 7.08. The lowest BCUT2D eigenvalue weighted by Gasteiger charge is -2.13.